The molecule has 166 valence electrons. The van der Waals surface area contributed by atoms with E-state index in [1.807, 2.05) is 17.9 Å². The second kappa shape index (κ2) is 13.3. The Morgan fingerprint density at radius 3 is 3.03 bits per heavy atom. The molecule has 2 N–H and O–H groups in total. The number of anilines is 1. The van der Waals surface area contributed by atoms with Crippen molar-refractivity contribution in [2.24, 2.45) is 18.0 Å². The molecule has 8 nitrogen and oxygen atoms in total. The zero-order chi connectivity index (χ0) is 19.6. The average Bonchev–Trinajstić information content (AvgIpc) is 3.36. The molecule has 0 aliphatic carbocycles. The van der Waals surface area contributed by atoms with E-state index in [0.29, 0.717) is 12.0 Å². The van der Waals surface area contributed by atoms with Crippen molar-refractivity contribution in [2.45, 2.75) is 38.6 Å². The number of aliphatic imine (C=N–C) groups is 1. The molecule has 0 bridgehead atoms. The van der Waals surface area contributed by atoms with Gasteiger partial charge < -0.3 is 25.0 Å². The lowest BCUT2D eigenvalue weighted by atomic mass is 10.1. The first kappa shape index (κ1) is 24.2. The Morgan fingerprint density at radius 2 is 2.31 bits per heavy atom. The van der Waals surface area contributed by atoms with Gasteiger partial charge >= 0.3 is 0 Å². The fourth-order valence-electron chi connectivity index (χ4n) is 3.74. The molecule has 0 aromatic carbocycles. The number of guanidine groups is 1. The third kappa shape index (κ3) is 8.29. The molecule has 2 unspecified atom stereocenters. The minimum Gasteiger partial charge on any atom is -0.381 e. The van der Waals surface area contributed by atoms with Gasteiger partial charge in [-0.3, -0.25) is 9.67 Å². The summed E-state index contributed by atoms with van der Waals surface area (Å²) in [6, 6.07) is 0.394. The van der Waals surface area contributed by atoms with Gasteiger partial charge in [0.25, 0.3) is 0 Å². The van der Waals surface area contributed by atoms with Crippen LogP contribution >= 0.6 is 24.0 Å². The zero-order valence-electron chi connectivity index (χ0n) is 17.8. The molecule has 0 saturated carbocycles. The van der Waals surface area contributed by atoms with Crippen LogP contribution in [0.1, 0.15) is 32.6 Å². The van der Waals surface area contributed by atoms with Crippen LogP contribution in [0.3, 0.4) is 0 Å². The van der Waals surface area contributed by atoms with Crippen molar-refractivity contribution < 1.29 is 9.47 Å². The van der Waals surface area contributed by atoms with Crippen molar-refractivity contribution in [1.82, 2.24) is 20.4 Å². The van der Waals surface area contributed by atoms with Crippen LogP contribution < -0.4 is 15.5 Å². The van der Waals surface area contributed by atoms with Crippen LogP contribution in [0.5, 0.6) is 0 Å². The van der Waals surface area contributed by atoms with Crippen LogP contribution in [0.25, 0.3) is 0 Å². The van der Waals surface area contributed by atoms with E-state index >= 15 is 0 Å². The molecule has 3 rings (SSSR count). The first-order valence-corrected chi connectivity index (χ1v) is 10.7. The maximum absolute atomic E-state index is 5.77. The Kier molecular flexibility index (Phi) is 11.1. The molecule has 2 aliphatic rings. The lowest BCUT2D eigenvalue weighted by Gasteiger charge is -2.34. The van der Waals surface area contributed by atoms with E-state index in [9.17, 15) is 0 Å². The highest BCUT2D eigenvalue weighted by Gasteiger charge is 2.21. The molecule has 2 fully saturated rings. The van der Waals surface area contributed by atoms with Crippen molar-refractivity contribution in [3.05, 3.63) is 12.4 Å². The van der Waals surface area contributed by atoms with Gasteiger partial charge in [0.05, 0.1) is 25.1 Å². The minimum absolute atomic E-state index is 0. The van der Waals surface area contributed by atoms with Crippen molar-refractivity contribution in [1.29, 1.82) is 0 Å². The summed E-state index contributed by atoms with van der Waals surface area (Å²) < 4.78 is 13.0. The van der Waals surface area contributed by atoms with Crippen LogP contribution in [0.2, 0.25) is 0 Å². The molecular weight excluding hydrogens is 483 g/mol. The molecule has 1 aromatic heterocycles. The summed E-state index contributed by atoms with van der Waals surface area (Å²) >= 11 is 0. The Hall–Kier alpha value is -1.07. The summed E-state index contributed by atoms with van der Waals surface area (Å²) in [4.78, 5) is 7.13. The molecule has 2 aliphatic heterocycles. The number of nitrogens with one attached hydrogen (secondary N) is 2. The van der Waals surface area contributed by atoms with Gasteiger partial charge in [0.15, 0.2) is 5.96 Å². The van der Waals surface area contributed by atoms with Gasteiger partial charge in [-0.15, -0.1) is 24.0 Å². The summed E-state index contributed by atoms with van der Waals surface area (Å²) in [6.07, 6.45) is 8.43. The molecule has 2 saturated heterocycles. The number of aromatic nitrogens is 2. The number of ether oxygens (including phenoxy) is 2. The minimum atomic E-state index is 0. The fourth-order valence-corrected chi connectivity index (χ4v) is 3.74. The third-order valence-corrected chi connectivity index (χ3v) is 5.26. The van der Waals surface area contributed by atoms with Crippen molar-refractivity contribution in [2.75, 3.05) is 57.5 Å². The summed E-state index contributed by atoms with van der Waals surface area (Å²) in [5.41, 5.74) is 1.20. The van der Waals surface area contributed by atoms with Gasteiger partial charge in [-0.2, -0.15) is 5.10 Å². The normalized spacial score (nSPS) is 22.4. The second-order valence-corrected chi connectivity index (χ2v) is 7.72. The van der Waals surface area contributed by atoms with Crippen LogP contribution in [0.15, 0.2) is 17.4 Å². The van der Waals surface area contributed by atoms with Gasteiger partial charge in [-0.05, 0) is 32.6 Å². The summed E-state index contributed by atoms with van der Waals surface area (Å²) in [5.74, 6) is 1.49. The number of nitrogens with zero attached hydrogens (tertiary/aromatic N) is 4. The number of rotatable bonds is 9. The van der Waals surface area contributed by atoms with Crippen molar-refractivity contribution in [3.63, 3.8) is 0 Å². The van der Waals surface area contributed by atoms with Crippen molar-refractivity contribution in [3.8, 4) is 0 Å². The van der Waals surface area contributed by atoms with E-state index in [0.717, 1.165) is 77.8 Å². The summed E-state index contributed by atoms with van der Waals surface area (Å²) in [7, 11) is 1.96. The standard InChI is InChI=1S/C20H36N6O2.HI/c1-3-21-20(22-8-5-10-27-15-17-7-11-28-16-17)24-18-6-4-9-26(13-18)19-12-23-25(2)14-19;/h12,14,17-18H,3-11,13,15-16H2,1-2H3,(H2,21,22,24);1H. The molecule has 0 amide bonds. The molecule has 3 heterocycles. The topological polar surface area (TPSA) is 75.9 Å². The number of piperidine rings is 1. The zero-order valence-corrected chi connectivity index (χ0v) is 20.1. The highest BCUT2D eigenvalue weighted by Crippen LogP contribution is 2.19. The summed E-state index contributed by atoms with van der Waals surface area (Å²) in [6.45, 7) is 9.11. The number of aryl methyl sites for hydroxylation is 1. The predicted octanol–water partition coefficient (Wildman–Crippen LogP) is 2.01. The van der Waals surface area contributed by atoms with Gasteiger partial charge in [0, 0.05) is 64.6 Å². The molecular formula is C20H37IN6O2. The fraction of sp³-hybridized carbons (Fsp3) is 0.800. The first-order chi connectivity index (χ1) is 13.7. The second-order valence-electron chi connectivity index (χ2n) is 7.72. The smallest absolute Gasteiger partial charge is 0.191 e. The predicted molar refractivity (Wildman–Crippen MR) is 127 cm³/mol. The van der Waals surface area contributed by atoms with Crippen LogP contribution in [-0.4, -0.2) is 74.4 Å². The van der Waals surface area contributed by atoms with E-state index in [1.54, 1.807) is 0 Å². The lowest BCUT2D eigenvalue weighted by Crippen LogP contribution is -2.51. The van der Waals surface area contributed by atoms with Gasteiger partial charge in [-0.1, -0.05) is 0 Å². The third-order valence-electron chi connectivity index (χ3n) is 5.26. The molecule has 9 heteroatoms. The Bertz CT molecular complexity index is 606. The Balaban J connectivity index is 0.00000300. The van der Waals surface area contributed by atoms with E-state index < -0.39 is 0 Å². The average molecular weight is 520 g/mol. The molecule has 29 heavy (non-hydrogen) atoms. The highest BCUT2D eigenvalue weighted by atomic mass is 127. The summed E-state index contributed by atoms with van der Waals surface area (Å²) in [5, 5.41) is 11.3. The van der Waals surface area contributed by atoms with Gasteiger partial charge in [0.1, 0.15) is 0 Å². The Labute approximate surface area is 191 Å². The van der Waals surface area contributed by atoms with Crippen molar-refractivity contribution >= 4 is 35.6 Å². The van der Waals surface area contributed by atoms with Gasteiger partial charge in [0.2, 0.25) is 0 Å². The number of hydrogen-bond acceptors (Lipinski definition) is 5. The highest BCUT2D eigenvalue weighted by molar-refractivity contribution is 14.0. The SMILES string of the molecule is CCNC(=NCCCOCC1CCOC1)NC1CCCN(c2cnn(C)c2)C1.I. The van der Waals surface area contributed by atoms with Crippen LogP contribution in [0, 0.1) is 5.92 Å². The largest absolute Gasteiger partial charge is 0.381 e. The van der Waals surface area contributed by atoms with E-state index in [2.05, 4.69) is 33.8 Å². The Morgan fingerprint density at radius 1 is 1.41 bits per heavy atom. The first-order valence-electron chi connectivity index (χ1n) is 10.7. The van der Waals surface area contributed by atoms with E-state index in [-0.39, 0.29) is 24.0 Å². The van der Waals surface area contributed by atoms with Crippen LogP contribution in [0.4, 0.5) is 5.69 Å². The number of hydrogen-bond donors (Lipinski definition) is 2. The molecule has 0 radical (unpaired) electrons. The molecule has 2 atom stereocenters. The van der Waals surface area contributed by atoms with E-state index in [4.69, 9.17) is 14.5 Å². The molecule has 1 aromatic rings. The van der Waals surface area contributed by atoms with Gasteiger partial charge in [-0.25, -0.2) is 0 Å². The maximum Gasteiger partial charge on any atom is 0.191 e. The maximum atomic E-state index is 5.77. The number of halogens is 1. The lowest BCUT2D eigenvalue weighted by molar-refractivity contribution is 0.0893. The van der Waals surface area contributed by atoms with E-state index in [1.165, 1.54) is 12.1 Å². The quantitative estimate of drug-likeness (QED) is 0.225. The molecule has 0 spiro atoms. The van der Waals surface area contributed by atoms with Crippen LogP contribution in [-0.2, 0) is 16.5 Å². The monoisotopic (exact) mass is 520 g/mol.